The van der Waals surface area contributed by atoms with Crippen LogP contribution in [0.4, 0.5) is 0 Å². The van der Waals surface area contributed by atoms with Crippen molar-refractivity contribution in [2.24, 2.45) is 0 Å². The summed E-state index contributed by atoms with van der Waals surface area (Å²) in [5, 5.41) is 11.5. The Hall–Kier alpha value is -6.35. The van der Waals surface area contributed by atoms with Crippen LogP contribution < -0.4 is 0 Å². The maximum atomic E-state index is 11.5. The molecule has 1 N–H and O–H groups in total. The monoisotopic (exact) mass is 990 g/mol. The predicted octanol–water partition coefficient (Wildman–Crippen LogP) is 14.8. The fourth-order valence-electron chi connectivity index (χ4n) is 8.05. The molecular weight excluding hydrogens is 938 g/mol. The zero-order valence-corrected chi connectivity index (χ0v) is 38.0. The smallest absolute Gasteiger partial charge is 0.148 e. The number of para-hydroxylation sites is 2. The van der Waals surface area contributed by atoms with Crippen LogP contribution in [0.15, 0.2) is 170 Å². The molecule has 2 aromatic heterocycles. The topological polar surface area (TPSA) is 50.9 Å². The van der Waals surface area contributed by atoms with Gasteiger partial charge < -0.3 is 5.11 Å². The van der Waals surface area contributed by atoms with Gasteiger partial charge in [-0.3, -0.25) is 9.55 Å². The third kappa shape index (κ3) is 8.33. The van der Waals surface area contributed by atoms with Crippen LogP contribution in [0.2, 0.25) is 0 Å². The van der Waals surface area contributed by atoms with E-state index in [0.717, 1.165) is 72.5 Å². The van der Waals surface area contributed by atoms with Gasteiger partial charge >= 0.3 is 0 Å². The number of fused-ring (bicyclic) bond motifs is 1. The standard InChI is InChI=1S/C57H50N3O.Pt/c1-37-20-22-39(23-21-37)41-30-31-58-50(35-41)44-33-42(38-14-9-8-10-15-38)32-43(34-44)47-17-13-18-52-54(47)59-55(48-16-11-12-19-53(48)61)60(52)51-29-28-46(57(5,6)7)36-49(51)40-24-26-45(27-25-40)56(2,3)4;/h8-33,35-36,61H,1-7H3;/q-1;/i1D3;. The largest absolute Gasteiger partial charge is 0.507 e. The Balaban J connectivity index is 0.00000576. The number of hydrogen-bond donors (Lipinski definition) is 1. The van der Waals surface area contributed by atoms with E-state index < -0.39 is 6.85 Å². The Morgan fingerprint density at radius 2 is 1.19 bits per heavy atom. The summed E-state index contributed by atoms with van der Waals surface area (Å²) in [4.78, 5) is 10.3. The van der Waals surface area contributed by atoms with Gasteiger partial charge in [0.2, 0.25) is 0 Å². The van der Waals surface area contributed by atoms with Crippen molar-refractivity contribution in [1.82, 2.24) is 14.5 Å². The van der Waals surface area contributed by atoms with E-state index in [1.165, 1.54) is 11.1 Å². The molecule has 2 heterocycles. The summed E-state index contributed by atoms with van der Waals surface area (Å²) in [5.41, 5.74) is 15.1. The minimum Gasteiger partial charge on any atom is -0.507 e. The van der Waals surface area contributed by atoms with E-state index in [4.69, 9.17) is 14.1 Å². The van der Waals surface area contributed by atoms with Crippen LogP contribution in [0.3, 0.4) is 0 Å². The molecule has 9 rings (SSSR count). The Morgan fingerprint density at radius 3 is 1.90 bits per heavy atom. The second-order valence-corrected chi connectivity index (χ2v) is 17.8. The number of pyridine rings is 1. The van der Waals surface area contributed by atoms with Gasteiger partial charge in [0, 0.05) is 42.6 Å². The normalized spacial score (nSPS) is 12.6. The van der Waals surface area contributed by atoms with Crippen molar-refractivity contribution in [2.75, 3.05) is 0 Å². The van der Waals surface area contributed by atoms with Crippen LogP contribution in [0.1, 0.15) is 62.3 Å². The van der Waals surface area contributed by atoms with E-state index in [1.807, 2.05) is 60.7 Å². The van der Waals surface area contributed by atoms with Crippen molar-refractivity contribution < 1.29 is 30.3 Å². The molecule has 62 heavy (non-hydrogen) atoms. The molecular formula is C57H50N3OPt-. The van der Waals surface area contributed by atoms with Gasteiger partial charge in [-0.25, -0.2) is 4.98 Å². The quantitative estimate of drug-likeness (QED) is 0.162. The van der Waals surface area contributed by atoms with E-state index in [-0.39, 0.29) is 37.6 Å². The van der Waals surface area contributed by atoms with Gasteiger partial charge in [0.15, 0.2) is 0 Å². The number of phenolic OH excluding ortho intramolecular Hbond substituents is 1. The zero-order chi connectivity index (χ0) is 45.0. The van der Waals surface area contributed by atoms with Gasteiger partial charge in [-0.05, 0) is 87.5 Å². The van der Waals surface area contributed by atoms with Crippen LogP contribution in [0.25, 0.3) is 83.9 Å². The molecule has 0 aliphatic heterocycles. The maximum absolute atomic E-state index is 11.5. The van der Waals surface area contributed by atoms with Crippen molar-refractivity contribution in [2.45, 2.75) is 59.2 Å². The van der Waals surface area contributed by atoms with E-state index in [1.54, 1.807) is 24.4 Å². The first-order valence-electron chi connectivity index (χ1n) is 22.3. The van der Waals surface area contributed by atoms with E-state index >= 15 is 0 Å². The molecule has 0 saturated carbocycles. The van der Waals surface area contributed by atoms with Crippen molar-refractivity contribution in [1.29, 1.82) is 0 Å². The van der Waals surface area contributed by atoms with Crippen molar-refractivity contribution >= 4 is 11.0 Å². The van der Waals surface area contributed by atoms with Crippen molar-refractivity contribution in [3.8, 4) is 78.6 Å². The number of nitrogens with zero attached hydrogens (tertiary/aromatic N) is 3. The molecule has 0 spiro atoms. The average molecular weight is 991 g/mol. The third-order valence-electron chi connectivity index (χ3n) is 11.5. The fourth-order valence-corrected chi connectivity index (χ4v) is 8.05. The summed E-state index contributed by atoms with van der Waals surface area (Å²) in [6.45, 7) is 11.2. The molecule has 0 fully saturated rings. The first-order valence-corrected chi connectivity index (χ1v) is 20.8. The third-order valence-corrected chi connectivity index (χ3v) is 11.5. The molecule has 0 aliphatic carbocycles. The number of hydrogen-bond acceptors (Lipinski definition) is 3. The second-order valence-electron chi connectivity index (χ2n) is 17.8. The SMILES string of the molecule is [2H]C([2H])([2H])c1ccc(-c2ccnc(-c3[c-]c(-c4cccc5c4nc(-c4ccccc4O)n5-c4ccc(C(C)(C)C)cc4-c4ccc(C(C)(C)C)cc4)cc(-c4ccccc4)c3)c2)cc1.[Pt]. The van der Waals surface area contributed by atoms with Gasteiger partial charge in [0.25, 0.3) is 0 Å². The summed E-state index contributed by atoms with van der Waals surface area (Å²) in [7, 11) is 0. The van der Waals surface area contributed by atoms with Gasteiger partial charge in [-0.2, -0.15) is 0 Å². The Bertz CT molecular complexity index is 3160. The van der Waals surface area contributed by atoms with Gasteiger partial charge in [0.05, 0.1) is 22.3 Å². The van der Waals surface area contributed by atoms with Crippen LogP contribution in [-0.4, -0.2) is 19.6 Å². The molecule has 0 unspecified atom stereocenters. The number of benzene rings is 7. The minimum absolute atomic E-state index is 0. The minimum atomic E-state index is -2.18. The molecule has 5 heteroatoms. The van der Waals surface area contributed by atoms with Gasteiger partial charge in [-0.15, -0.1) is 23.8 Å². The molecule has 0 saturated heterocycles. The Labute approximate surface area is 384 Å². The van der Waals surface area contributed by atoms with E-state index in [0.29, 0.717) is 17.0 Å². The average Bonchev–Trinajstić information content (AvgIpc) is 3.68. The van der Waals surface area contributed by atoms with Crippen LogP contribution in [-0.2, 0) is 31.9 Å². The fraction of sp³-hybridized carbons (Fsp3) is 0.158. The number of aryl methyl sites for hydroxylation is 1. The molecule has 0 bridgehead atoms. The summed E-state index contributed by atoms with van der Waals surface area (Å²) >= 11 is 0. The predicted molar refractivity (Wildman–Crippen MR) is 254 cm³/mol. The molecule has 0 aliphatic rings. The molecule has 0 radical (unpaired) electrons. The van der Waals surface area contributed by atoms with Gasteiger partial charge in [0.1, 0.15) is 11.6 Å². The zero-order valence-electron chi connectivity index (χ0n) is 38.8. The first-order chi connectivity index (χ1) is 30.5. The molecule has 4 nitrogen and oxygen atoms in total. The van der Waals surface area contributed by atoms with Crippen LogP contribution >= 0.6 is 0 Å². The number of imidazole rings is 1. The Kier molecular flexibility index (Phi) is 10.5. The van der Waals surface area contributed by atoms with E-state index in [2.05, 4.69) is 137 Å². The summed E-state index contributed by atoms with van der Waals surface area (Å²) < 4.78 is 25.7. The molecule has 9 aromatic rings. The summed E-state index contributed by atoms with van der Waals surface area (Å²) in [6, 6.07) is 58.5. The van der Waals surface area contributed by atoms with Crippen LogP contribution in [0.5, 0.6) is 5.75 Å². The van der Waals surface area contributed by atoms with Crippen molar-refractivity contribution in [3.63, 3.8) is 0 Å². The van der Waals surface area contributed by atoms with Crippen LogP contribution in [0, 0.1) is 12.9 Å². The summed E-state index contributed by atoms with van der Waals surface area (Å²) in [6.07, 6.45) is 1.78. The molecule has 0 atom stereocenters. The van der Waals surface area contributed by atoms with E-state index in [9.17, 15) is 5.11 Å². The number of aromatic hydroxyl groups is 1. The maximum Gasteiger partial charge on any atom is 0.148 e. The number of phenols is 1. The molecule has 7 aromatic carbocycles. The molecule has 310 valence electrons. The Morgan fingerprint density at radius 1 is 0.548 bits per heavy atom. The first kappa shape index (κ1) is 38.6. The number of rotatable bonds is 7. The summed E-state index contributed by atoms with van der Waals surface area (Å²) in [5.74, 6) is 0.761. The van der Waals surface area contributed by atoms with Gasteiger partial charge in [-0.1, -0.05) is 179 Å². The second kappa shape index (κ2) is 16.8. The molecule has 0 amide bonds. The number of aromatic nitrogens is 3. The van der Waals surface area contributed by atoms with Crippen molar-refractivity contribution in [3.05, 3.63) is 193 Å².